The Morgan fingerprint density at radius 1 is 1.28 bits per heavy atom. The molecule has 0 spiro atoms. The van der Waals surface area contributed by atoms with Gasteiger partial charge in [0, 0.05) is 33.2 Å². The molecule has 6 heteroatoms. The number of carbonyl (C=O) groups excluding carboxylic acids is 1. The van der Waals surface area contributed by atoms with Crippen LogP contribution in [0.1, 0.15) is 32.1 Å². The molecule has 0 aromatic carbocycles. The average molecular weight is 344 g/mol. The summed E-state index contributed by atoms with van der Waals surface area (Å²) >= 11 is 0. The molecule has 1 amide bonds. The van der Waals surface area contributed by atoms with Crippen molar-refractivity contribution in [1.82, 2.24) is 9.88 Å². The first kappa shape index (κ1) is 17.6. The van der Waals surface area contributed by atoms with Crippen molar-refractivity contribution in [3.8, 4) is 0 Å². The van der Waals surface area contributed by atoms with Crippen molar-refractivity contribution in [1.29, 1.82) is 0 Å². The summed E-state index contributed by atoms with van der Waals surface area (Å²) in [5.41, 5.74) is 1.86. The Morgan fingerprint density at radius 3 is 2.84 bits per heavy atom. The van der Waals surface area contributed by atoms with E-state index < -0.39 is 0 Å². The van der Waals surface area contributed by atoms with Gasteiger partial charge in [0.2, 0.25) is 0 Å². The summed E-state index contributed by atoms with van der Waals surface area (Å²) in [5, 5.41) is 3.57. The normalized spacial score (nSPS) is 21.0. The minimum atomic E-state index is 0.150. The highest BCUT2D eigenvalue weighted by Gasteiger charge is 2.24. The van der Waals surface area contributed by atoms with Crippen molar-refractivity contribution in [2.24, 2.45) is 0 Å². The molecule has 1 aromatic heterocycles. The van der Waals surface area contributed by atoms with E-state index >= 15 is 0 Å². The molecule has 0 bridgehead atoms. The second-order valence-electron chi connectivity index (χ2n) is 6.98. The third-order valence-corrected chi connectivity index (χ3v) is 4.80. The third kappa shape index (κ3) is 4.65. The topological polar surface area (TPSA) is 57.7 Å². The zero-order chi connectivity index (χ0) is 17.6. The van der Waals surface area contributed by atoms with Gasteiger partial charge in [0.15, 0.2) is 0 Å². The zero-order valence-corrected chi connectivity index (χ0v) is 15.2. The fraction of sp³-hybridized carbons (Fsp3) is 0.579. The van der Waals surface area contributed by atoms with E-state index in [4.69, 9.17) is 4.74 Å². The highest BCUT2D eigenvalue weighted by Crippen LogP contribution is 2.21. The molecule has 0 aliphatic carbocycles. The molecule has 3 rings (SSSR count). The molecule has 25 heavy (non-hydrogen) atoms. The van der Waals surface area contributed by atoms with E-state index in [1.54, 1.807) is 6.26 Å². The number of nitrogens with zero attached hydrogens (tertiary/aromatic N) is 3. The molecule has 1 N–H and O–H groups in total. The van der Waals surface area contributed by atoms with Crippen molar-refractivity contribution in [2.75, 3.05) is 44.0 Å². The molecule has 1 saturated heterocycles. The van der Waals surface area contributed by atoms with Gasteiger partial charge in [-0.2, -0.15) is 0 Å². The summed E-state index contributed by atoms with van der Waals surface area (Å²) < 4.78 is 5.32. The van der Waals surface area contributed by atoms with E-state index in [0.29, 0.717) is 6.04 Å². The van der Waals surface area contributed by atoms with Gasteiger partial charge in [0.1, 0.15) is 5.82 Å². The number of carbonyl (C=O) groups is 1. The summed E-state index contributed by atoms with van der Waals surface area (Å²) in [6.07, 6.45) is 8.34. The van der Waals surface area contributed by atoms with E-state index in [9.17, 15) is 4.79 Å². The molecule has 2 aliphatic rings. The van der Waals surface area contributed by atoms with E-state index in [0.717, 1.165) is 68.9 Å². The van der Waals surface area contributed by atoms with E-state index in [-0.39, 0.29) is 5.91 Å². The minimum Gasteiger partial charge on any atom is -0.501 e. The highest BCUT2D eigenvalue weighted by atomic mass is 16.5. The molecule has 2 aliphatic heterocycles. The Bertz CT molecular complexity index is 612. The number of nitrogens with one attached hydrogen (secondary N) is 1. The monoisotopic (exact) mass is 344 g/mol. The van der Waals surface area contributed by atoms with Gasteiger partial charge < -0.3 is 19.9 Å². The first-order chi connectivity index (χ1) is 12.1. The number of hydrogen-bond donors (Lipinski definition) is 1. The van der Waals surface area contributed by atoms with Gasteiger partial charge >= 0.3 is 0 Å². The second-order valence-corrected chi connectivity index (χ2v) is 6.98. The van der Waals surface area contributed by atoms with E-state index in [1.807, 2.05) is 36.2 Å². The molecule has 1 fully saturated rings. The van der Waals surface area contributed by atoms with Gasteiger partial charge in [-0.15, -0.1) is 0 Å². The zero-order valence-electron chi connectivity index (χ0n) is 15.2. The third-order valence-electron chi connectivity index (χ3n) is 4.80. The predicted molar refractivity (Wildman–Crippen MR) is 99.7 cm³/mol. The van der Waals surface area contributed by atoms with Crippen LogP contribution in [0.3, 0.4) is 0 Å². The Hall–Kier alpha value is -2.24. The van der Waals surface area contributed by atoms with E-state index in [2.05, 4.69) is 16.4 Å². The molecule has 136 valence electrons. The molecule has 0 unspecified atom stereocenters. The van der Waals surface area contributed by atoms with Crippen LogP contribution in [0.2, 0.25) is 0 Å². The fourth-order valence-corrected chi connectivity index (χ4v) is 3.34. The number of hydrogen-bond acceptors (Lipinski definition) is 5. The van der Waals surface area contributed by atoms with Crippen LogP contribution in [0.15, 0.2) is 30.2 Å². The standard InChI is InChI=1S/C19H28N4O2/c1-22(2)18-8-7-17(13-20-18)21-16-6-3-10-23(11-9-16)19(24)15-5-4-12-25-14-15/h7-8,13-14,16,21H,3-6,9-12H2,1-2H3/t16-/m1/s1. The lowest BCUT2D eigenvalue weighted by Crippen LogP contribution is -2.34. The van der Waals surface area contributed by atoms with Crippen LogP contribution in [0, 0.1) is 0 Å². The molecule has 1 aromatic rings. The molecule has 1 atom stereocenters. The van der Waals surface area contributed by atoms with Crippen molar-refractivity contribution < 1.29 is 9.53 Å². The Balaban J connectivity index is 1.54. The number of ether oxygens (including phenoxy) is 1. The maximum absolute atomic E-state index is 12.6. The molecule has 6 nitrogen and oxygen atoms in total. The lowest BCUT2D eigenvalue weighted by Gasteiger charge is -2.24. The summed E-state index contributed by atoms with van der Waals surface area (Å²) in [6.45, 7) is 2.34. The maximum atomic E-state index is 12.6. The largest absolute Gasteiger partial charge is 0.501 e. The van der Waals surface area contributed by atoms with Crippen LogP contribution in [0.4, 0.5) is 11.5 Å². The summed E-state index contributed by atoms with van der Waals surface area (Å²) in [6, 6.07) is 4.46. The first-order valence-corrected chi connectivity index (χ1v) is 9.13. The van der Waals surface area contributed by atoms with Crippen LogP contribution in [-0.2, 0) is 9.53 Å². The number of aromatic nitrogens is 1. The second kappa shape index (κ2) is 8.23. The maximum Gasteiger partial charge on any atom is 0.252 e. The van der Waals surface area contributed by atoms with Gasteiger partial charge in [-0.1, -0.05) is 0 Å². The Labute approximate surface area is 149 Å². The first-order valence-electron chi connectivity index (χ1n) is 9.13. The average Bonchev–Trinajstić information content (AvgIpc) is 2.88. The predicted octanol–water partition coefficient (Wildman–Crippen LogP) is 2.63. The molecular formula is C19H28N4O2. The number of rotatable bonds is 4. The molecule has 0 saturated carbocycles. The highest BCUT2D eigenvalue weighted by molar-refractivity contribution is 5.93. The SMILES string of the molecule is CN(C)c1ccc(N[C@@H]2CCCN(C(=O)C3=COCCC3)CC2)cn1. The van der Waals surface area contributed by atoms with Crippen molar-refractivity contribution in [2.45, 2.75) is 38.1 Å². The summed E-state index contributed by atoms with van der Waals surface area (Å²) in [5.74, 6) is 1.10. The smallest absolute Gasteiger partial charge is 0.252 e. The summed E-state index contributed by atoms with van der Waals surface area (Å²) in [4.78, 5) is 21.0. The van der Waals surface area contributed by atoms with Gasteiger partial charge in [-0.25, -0.2) is 4.98 Å². The van der Waals surface area contributed by atoms with Crippen LogP contribution >= 0.6 is 0 Å². The van der Waals surface area contributed by atoms with Crippen molar-refractivity contribution in [3.05, 3.63) is 30.2 Å². The van der Waals surface area contributed by atoms with Crippen molar-refractivity contribution in [3.63, 3.8) is 0 Å². The Kier molecular flexibility index (Phi) is 5.79. The van der Waals surface area contributed by atoms with Crippen LogP contribution < -0.4 is 10.2 Å². The number of anilines is 2. The summed E-state index contributed by atoms with van der Waals surface area (Å²) in [7, 11) is 3.97. The molecular weight excluding hydrogens is 316 g/mol. The van der Waals surface area contributed by atoms with Crippen LogP contribution in [0.25, 0.3) is 0 Å². The van der Waals surface area contributed by atoms with Gasteiger partial charge in [-0.3, -0.25) is 4.79 Å². The lowest BCUT2D eigenvalue weighted by atomic mass is 10.1. The van der Waals surface area contributed by atoms with E-state index in [1.165, 1.54) is 0 Å². The fourth-order valence-electron chi connectivity index (χ4n) is 3.34. The number of amides is 1. The Morgan fingerprint density at radius 2 is 2.16 bits per heavy atom. The van der Waals surface area contributed by atoms with Crippen molar-refractivity contribution >= 4 is 17.4 Å². The van der Waals surface area contributed by atoms with Gasteiger partial charge in [0.25, 0.3) is 5.91 Å². The van der Waals surface area contributed by atoms with Gasteiger partial charge in [0.05, 0.1) is 30.3 Å². The molecule has 3 heterocycles. The van der Waals surface area contributed by atoms with Crippen LogP contribution in [-0.4, -0.2) is 55.6 Å². The number of likely N-dealkylation sites (tertiary alicyclic amines) is 1. The minimum absolute atomic E-state index is 0.150. The quantitative estimate of drug-likeness (QED) is 0.910. The van der Waals surface area contributed by atoms with Gasteiger partial charge in [-0.05, 0) is 44.2 Å². The lowest BCUT2D eigenvalue weighted by molar-refractivity contribution is -0.127. The number of pyridine rings is 1. The molecule has 0 radical (unpaired) electrons. The van der Waals surface area contributed by atoms with Crippen LogP contribution in [0.5, 0.6) is 0 Å².